The lowest BCUT2D eigenvalue weighted by molar-refractivity contribution is -0.123. The zero-order valence-electron chi connectivity index (χ0n) is 15.6. The van der Waals surface area contributed by atoms with Crippen molar-refractivity contribution < 1.29 is 19.1 Å². The predicted molar refractivity (Wildman–Crippen MR) is 108 cm³/mol. The van der Waals surface area contributed by atoms with Crippen LogP contribution in [-0.2, 0) is 14.3 Å². The maximum atomic E-state index is 12.5. The van der Waals surface area contributed by atoms with Crippen LogP contribution in [0.1, 0.15) is 35.7 Å². The van der Waals surface area contributed by atoms with E-state index in [0.29, 0.717) is 34.9 Å². The molecule has 0 unspecified atom stereocenters. The summed E-state index contributed by atoms with van der Waals surface area (Å²) in [7, 11) is 0. The SMILES string of the molecule is C[C@H](OC(=O)c1ccc(Cl)c(N2CCCC2=O)c1)C(=O)Nc1ccc(C#N)cc1. The summed E-state index contributed by atoms with van der Waals surface area (Å²) in [6.07, 6.45) is 0.124. The minimum Gasteiger partial charge on any atom is -0.449 e. The van der Waals surface area contributed by atoms with E-state index in [1.165, 1.54) is 25.1 Å². The Bertz CT molecular complexity index is 998. The largest absolute Gasteiger partial charge is 0.449 e. The zero-order valence-corrected chi connectivity index (χ0v) is 16.4. The number of nitrogens with one attached hydrogen (secondary N) is 1. The first-order valence-electron chi connectivity index (χ1n) is 9.01. The highest BCUT2D eigenvalue weighted by molar-refractivity contribution is 6.34. The van der Waals surface area contributed by atoms with Gasteiger partial charge in [-0.1, -0.05) is 11.6 Å². The minimum absolute atomic E-state index is 0.0485. The molecule has 1 aliphatic rings. The van der Waals surface area contributed by atoms with Crippen molar-refractivity contribution in [3.63, 3.8) is 0 Å². The number of esters is 1. The molecular weight excluding hydrogens is 394 g/mol. The summed E-state index contributed by atoms with van der Waals surface area (Å²) < 4.78 is 5.25. The molecule has 0 aromatic heterocycles. The highest BCUT2D eigenvalue weighted by Crippen LogP contribution is 2.30. The average Bonchev–Trinajstić information content (AvgIpc) is 3.14. The third kappa shape index (κ3) is 4.73. The normalized spacial score (nSPS) is 14.2. The molecule has 1 atom stereocenters. The molecule has 1 N–H and O–H groups in total. The first-order valence-corrected chi connectivity index (χ1v) is 9.39. The monoisotopic (exact) mass is 411 g/mol. The fraction of sp³-hybridized carbons (Fsp3) is 0.238. The van der Waals surface area contributed by atoms with Crippen molar-refractivity contribution in [1.29, 1.82) is 5.26 Å². The van der Waals surface area contributed by atoms with E-state index >= 15 is 0 Å². The van der Waals surface area contributed by atoms with Crippen LogP contribution in [-0.4, -0.2) is 30.4 Å². The van der Waals surface area contributed by atoms with E-state index in [9.17, 15) is 14.4 Å². The minimum atomic E-state index is -1.05. The van der Waals surface area contributed by atoms with E-state index in [2.05, 4.69) is 5.32 Å². The van der Waals surface area contributed by atoms with Gasteiger partial charge in [0.15, 0.2) is 6.10 Å². The number of hydrogen-bond donors (Lipinski definition) is 1. The Morgan fingerprint density at radius 2 is 1.97 bits per heavy atom. The van der Waals surface area contributed by atoms with Gasteiger partial charge in [0, 0.05) is 18.7 Å². The summed E-state index contributed by atoms with van der Waals surface area (Å²) in [5, 5.41) is 11.8. The number of carbonyl (C=O) groups excluding carboxylic acids is 3. The lowest BCUT2D eigenvalue weighted by atomic mass is 10.2. The molecule has 2 amide bonds. The quantitative estimate of drug-likeness (QED) is 0.759. The van der Waals surface area contributed by atoms with Gasteiger partial charge in [-0.3, -0.25) is 9.59 Å². The fourth-order valence-electron chi connectivity index (χ4n) is 2.90. The molecule has 8 heteroatoms. The van der Waals surface area contributed by atoms with Gasteiger partial charge < -0.3 is 15.0 Å². The van der Waals surface area contributed by atoms with Crippen molar-refractivity contribution in [3.8, 4) is 6.07 Å². The third-order valence-corrected chi connectivity index (χ3v) is 4.80. The Balaban J connectivity index is 1.66. The summed E-state index contributed by atoms with van der Waals surface area (Å²) in [6, 6.07) is 12.8. The van der Waals surface area contributed by atoms with E-state index in [4.69, 9.17) is 21.6 Å². The Morgan fingerprint density at radius 1 is 1.24 bits per heavy atom. The van der Waals surface area contributed by atoms with Crippen molar-refractivity contribution in [3.05, 3.63) is 58.6 Å². The van der Waals surface area contributed by atoms with Gasteiger partial charge >= 0.3 is 5.97 Å². The van der Waals surface area contributed by atoms with Gasteiger partial charge in [-0.25, -0.2) is 4.79 Å². The van der Waals surface area contributed by atoms with Crippen LogP contribution in [0.3, 0.4) is 0 Å². The summed E-state index contributed by atoms with van der Waals surface area (Å²) >= 11 is 6.18. The smallest absolute Gasteiger partial charge is 0.338 e. The maximum absolute atomic E-state index is 12.5. The van der Waals surface area contributed by atoms with Crippen molar-refractivity contribution in [1.82, 2.24) is 0 Å². The van der Waals surface area contributed by atoms with Crippen LogP contribution in [0.2, 0.25) is 5.02 Å². The molecule has 0 spiro atoms. The molecule has 1 heterocycles. The van der Waals surface area contributed by atoms with Crippen LogP contribution in [0.4, 0.5) is 11.4 Å². The van der Waals surface area contributed by atoms with Gasteiger partial charge in [-0.15, -0.1) is 0 Å². The molecule has 0 saturated carbocycles. The molecule has 2 aromatic rings. The zero-order chi connectivity index (χ0) is 21.0. The lowest BCUT2D eigenvalue weighted by Crippen LogP contribution is -2.30. The summed E-state index contributed by atoms with van der Waals surface area (Å²) in [6.45, 7) is 2.00. The molecule has 148 valence electrons. The number of amides is 2. The molecule has 29 heavy (non-hydrogen) atoms. The summed E-state index contributed by atoms with van der Waals surface area (Å²) in [5.74, 6) is -1.25. The molecule has 7 nitrogen and oxygen atoms in total. The fourth-order valence-corrected chi connectivity index (χ4v) is 3.12. The van der Waals surface area contributed by atoms with Crippen LogP contribution in [0.15, 0.2) is 42.5 Å². The first kappa shape index (κ1) is 20.4. The van der Waals surface area contributed by atoms with Gasteiger partial charge in [0.1, 0.15) is 0 Å². The highest BCUT2D eigenvalue weighted by atomic mass is 35.5. The van der Waals surface area contributed by atoms with Crippen molar-refractivity contribution in [2.24, 2.45) is 0 Å². The van der Waals surface area contributed by atoms with Crippen molar-refractivity contribution in [2.45, 2.75) is 25.9 Å². The van der Waals surface area contributed by atoms with Gasteiger partial charge in [0.2, 0.25) is 5.91 Å². The third-order valence-electron chi connectivity index (χ3n) is 4.48. The van der Waals surface area contributed by atoms with E-state index in [1.54, 1.807) is 29.2 Å². The van der Waals surface area contributed by atoms with E-state index in [-0.39, 0.29) is 11.5 Å². The van der Waals surface area contributed by atoms with Gasteiger partial charge in [-0.05, 0) is 55.8 Å². The van der Waals surface area contributed by atoms with E-state index in [1.807, 2.05) is 6.07 Å². The number of hydrogen-bond acceptors (Lipinski definition) is 5. The second-order valence-electron chi connectivity index (χ2n) is 6.54. The standard InChI is InChI=1S/C21H18ClN3O4/c1-13(20(27)24-16-7-4-14(12-23)5-8-16)29-21(28)15-6-9-17(22)18(11-15)25-10-2-3-19(25)26/h4-9,11,13H,2-3,10H2,1H3,(H,24,27)/t13-/m0/s1. The lowest BCUT2D eigenvalue weighted by Gasteiger charge is -2.19. The molecular formula is C21H18ClN3O4. The molecule has 0 bridgehead atoms. The van der Waals surface area contributed by atoms with Crippen molar-refractivity contribution >= 4 is 40.8 Å². The van der Waals surface area contributed by atoms with E-state index in [0.717, 1.165) is 6.42 Å². The number of anilines is 2. The number of ether oxygens (including phenoxy) is 1. The van der Waals surface area contributed by atoms with Gasteiger partial charge in [-0.2, -0.15) is 5.26 Å². The molecule has 0 aliphatic carbocycles. The highest BCUT2D eigenvalue weighted by Gasteiger charge is 2.25. The Morgan fingerprint density at radius 3 is 2.59 bits per heavy atom. The molecule has 3 rings (SSSR count). The van der Waals surface area contributed by atoms with Crippen LogP contribution in [0.5, 0.6) is 0 Å². The molecule has 1 fully saturated rings. The van der Waals surface area contributed by atoms with Crippen LogP contribution in [0, 0.1) is 11.3 Å². The van der Waals surface area contributed by atoms with Gasteiger partial charge in [0.05, 0.1) is 27.9 Å². The molecule has 0 radical (unpaired) electrons. The van der Waals surface area contributed by atoms with Crippen molar-refractivity contribution in [2.75, 3.05) is 16.8 Å². The van der Waals surface area contributed by atoms with Crippen LogP contribution in [0.25, 0.3) is 0 Å². The number of rotatable bonds is 5. The number of carbonyl (C=O) groups is 3. The molecule has 2 aromatic carbocycles. The molecule has 1 aliphatic heterocycles. The Labute approximate surface area is 172 Å². The number of nitrogens with zero attached hydrogens (tertiary/aromatic N) is 2. The number of halogens is 1. The second kappa shape index (κ2) is 8.76. The summed E-state index contributed by atoms with van der Waals surface area (Å²) in [4.78, 5) is 38.3. The first-order chi connectivity index (χ1) is 13.9. The summed E-state index contributed by atoms with van der Waals surface area (Å²) in [5.41, 5.74) is 1.61. The number of nitriles is 1. The predicted octanol–water partition coefficient (Wildman–Crippen LogP) is 3.52. The molecule has 1 saturated heterocycles. The Hall–Kier alpha value is -3.37. The van der Waals surface area contributed by atoms with E-state index < -0.39 is 18.0 Å². The number of benzene rings is 2. The maximum Gasteiger partial charge on any atom is 0.338 e. The van der Waals surface area contributed by atoms with Crippen LogP contribution < -0.4 is 10.2 Å². The Kier molecular flexibility index (Phi) is 6.15. The second-order valence-corrected chi connectivity index (χ2v) is 6.95. The van der Waals surface area contributed by atoms with Crippen LogP contribution >= 0.6 is 11.6 Å². The van der Waals surface area contributed by atoms with Gasteiger partial charge in [0.25, 0.3) is 5.91 Å². The average molecular weight is 412 g/mol. The topological polar surface area (TPSA) is 99.5 Å².